The zero-order valence-electron chi connectivity index (χ0n) is 6.60. The van der Waals surface area contributed by atoms with Crippen LogP contribution in [0.1, 0.15) is 17.6 Å². The first-order chi connectivity index (χ1) is 6.15. The Balaban J connectivity index is 3.00. The van der Waals surface area contributed by atoms with Crippen molar-refractivity contribution in [2.75, 3.05) is 0 Å². The highest BCUT2D eigenvalue weighted by molar-refractivity contribution is 9.10. The number of nitrogens with zero attached hydrogens (tertiary/aromatic N) is 1. The first kappa shape index (κ1) is 10.1. The van der Waals surface area contributed by atoms with Gasteiger partial charge in [-0.3, -0.25) is 0 Å². The molecule has 0 unspecified atom stereocenters. The maximum atomic E-state index is 12.3. The molecule has 0 N–H and O–H groups in total. The molecule has 13 heavy (non-hydrogen) atoms. The molecule has 1 rings (SSSR count). The SMILES string of the molecule is N#CCc1ccc(C(F)F)c(Br)c1. The Kier molecular flexibility index (Phi) is 3.38. The molecular formula is C9H6BrF2N. The van der Waals surface area contributed by atoms with Gasteiger partial charge in [0.2, 0.25) is 0 Å². The molecule has 0 saturated carbocycles. The van der Waals surface area contributed by atoms with Gasteiger partial charge in [0.25, 0.3) is 6.43 Å². The number of rotatable bonds is 2. The van der Waals surface area contributed by atoms with Crippen LogP contribution in [0.2, 0.25) is 0 Å². The lowest BCUT2D eigenvalue weighted by Gasteiger charge is -2.03. The molecule has 4 heteroatoms. The van der Waals surface area contributed by atoms with Crippen LogP contribution < -0.4 is 0 Å². The Hall–Kier alpha value is -0.950. The normalized spacial score (nSPS) is 10.1. The fraction of sp³-hybridized carbons (Fsp3) is 0.222. The first-order valence-electron chi connectivity index (χ1n) is 3.58. The second-order valence-electron chi connectivity index (χ2n) is 2.49. The fourth-order valence-electron chi connectivity index (χ4n) is 0.949. The van der Waals surface area contributed by atoms with Crippen LogP contribution >= 0.6 is 15.9 Å². The summed E-state index contributed by atoms with van der Waals surface area (Å²) in [6.07, 6.45) is -2.24. The molecule has 0 saturated heterocycles. The third kappa shape index (κ3) is 2.49. The molecule has 0 fully saturated rings. The summed E-state index contributed by atoms with van der Waals surface area (Å²) in [7, 11) is 0. The quantitative estimate of drug-likeness (QED) is 0.783. The summed E-state index contributed by atoms with van der Waals surface area (Å²) in [5.41, 5.74) is 0.695. The van der Waals surface area contributed by atoms with E-state index in [0.29, 0.717) is 4.47 Å². The third-order valence-corrected chi connectivity index (χ3v) is 2.27. The van der Waals surface area contributed by atoms with Crippen molar-refractivity contribution in [3.63, 3.8) is 0 Å². The van der Waals surface area contributed by atoms with Crippen molar-refractivity contribution < 1.29 is 8.78 Å². The summed E-state index contributed by atoms with van der Waals surface area (Å²) in [4.78, 5) is 0. The highest BCUT2D eigenvalue weighted by Gasteiger charge is 2.11. The van der Waals surface area contributed by atoms with Gasteiger partial charge < -0.3 is 0 Å². The van der Waals surface area contributed by atoms with Crippen LogP contribution in [0.4, 0.5) is 8.78 Å². The van der Waals surface area contributed by atoms with Crippen molar-refractivity contribution in [3.05, 3.63) is 33.8 Å². The molecule has 0 aliphatic carbocycles. The maximum absolute atomic E-state index is 12.3. The molecule has 0 atom stereocenters. The summed E-state index contributed by atoms with van der Waals surface area (Å²) in [6.45, 7) is 0. The van der Waals surface area contributed by atoms with Crippen LogP contribution in [0.3, 0.4) is 0 Å². The number of nitriles is 1. The van der Waals surface area contributed by atoms with Gasteiger partial charge in [-0.25, -0.2) is 8.78 Å². The molecule has 0 aromatic heterocycles. The topological polar surface area (TPSA) is 23.8 Å². The highest BCUT2D eigenvalue weighted by atomic mass is 79.9. The van der Waals surface area contributed by atoms with Gasteiger partial charge in [0, 0.05) is 10.0 Å². The number of halogens is 3. The van der Waals surface area contributed by atoms with Crippen molar-refractivity contribution in [2.45, 2.75) is 12.8 Å². The van der Waals surface area contributed by atoms with E-state index in [-0.39, 0.29) is 12.0 Å². The van der Waals surface area contributed by atoms with Gasteiger partial charge in [-0.05, 0) is 11.6 Å². The van der Waals surface area contributed by atoms with Crippen LogP contribution in [0.25, 0.3) is 0 Å². The highest BCUT2D eigenvalue weighted by Crippen LogP contribution is 2.27. The van der Waals surface area contributed by atoms with Gasteiger partial charge in [-0.1, -0.05) is 28.1 Å². The van der Waals surface area contributed by atoms with Crippen LogP contribution in [-0.4, -0.2) is 0 Å². The van der Waals surface area contributed by atoms with Crippen molar-refractivity contribution in [3.8, 4) is 6.07 Å². The minimum Gasteiger partial charge on any atom is -0.205 e. The summed E-state index contributed by atoms with van der Waals surface area (Å²) in [6, 6.07) is 6.37. The number of hydrogen-bond acceptors (Lipinski definition) is 1. The minimum absolute atomic E-state index is 0.0401. The Morgan fingerprint density at radius 2 is 2.15 bits per heavy atom. The van der Waals surface area contributed by atoms with Crippen LogP contribution in [0.15, 0.2) is 22.7 Å². The zero-order chi connectivity index (χ0) is 9.84. The summed E-state index contributed by atoms with van der Waals surface area (Å²) in [5.74, 6) is 0. The van der Waals surface area contributed by atoms with Crippen LogP contribution in [-0.2, 0) is 6.42 Å². The predicted octanol–water partition coefficient (Wildman–Crippen LogP) is 3.45. The van der Waals surface area contributed by atoms with Gasteiger partial charge in [0.15, 0.2) is 0 Å². The molecule has 1 aromatic carbocycles. The molecule has 0 spiro atoms. The summed E-state index contributed by atoms with van der Waals surface area (Å²) < 4.78 is 24.9. The molecule has 0 bridgehead atoms. The van der Waals surface area contributed by atoms with Gasteiger partial charge >= 0.3 is 0 Å². The van der Waals surface area contributed by atoms with Crippen molar-refractivity contribution in [1.29, 1.82) is 5.26 Å². The molecule has 0 heterocycles. The maximum Gasteiger partial charge on any atom is 0.264 e. The van der Waals surface area contributed by atoms with E-state index >= 15 is 0 Å². The summed E-state index contributed by atoms with van der Waals surface area (Å²) in [5, 5.41) is 8.38. The van der Waals surface area contributed by atoms with E-state index in [1.807, 2.05) is 6.07 Å². The lowest BCUT2D eigenvalue weighted by Crippen LogP contribution is -1.88. The Bertz CT molecular complexity index is 344. The lowest BCUT2D eigenvalue weighted by molar-refractivity contribution is 0.150. The monoisotopic (exact) mass is 245 g/mol. The van der Waals surface area contributed by atoms with E-state index < -0.39 is 6.43 Å². The van der Waals surface area contributed by atoms with Crippen molar-refractivity contribution in [2.24, 2.45) is 0 Å². The molecule has 0 radical (unpaired) electrons. The fourth-order valence-corrected chi connectivity index (χ4v) is 1.55. The van der Waals surface area contributed by atoms with E-state index in [1.54, 1.807) is 6.07 Å². The molecule has 68 valence electrons. The smallest absolute Gasteiger partial charge is 0.205 e. The van der Waals surface area contributed by atoms with E-state index in [9.17, 15) is 8.78 Å². The predicted molar refractivity (Wildman–Crippen MR) is 48.4 cm³/mol. The average Bonchev–Trinajstić information content (AvgIpc) is 2.04. The molecule has 0 aliphatic rings. The number of alkyl halides is 2. The summed E-state index contributed by atoms with van der Waals surface area (Å²) >= 11 is 3.03. The second kappa shape index (κ2) is 4.33. The molecule has 0 aliphatic heterocycles. The minimum atomic E-state index is -2.48. The molecular weight excluding hydrogens is 240 g/mol. The van der Waals surface area contributed by atoms with Crippen molar-refractivity contribution in [1.82, 2.24) is 0 Å². The van der Waals surface area contributed by atoms with E-state index in [4.69, 9.17) is 5.26 Å². The molecule has 0 amide bonds. The van der Waals surface area contributed by atoms with Crippen LogP contribution in [0, 0.1) is 11.3 Å². The Morgan fingerprint density at radius 1 is 1.46 bits per heavy atom. The second-order valence-corrected chi connectivity index (χ2v) is 3.35. The largest absolute Gasteiger partial charge is 0.264 e. The van der Waals surface area contributed by atoms with E-state index in [2.05, 4.69) is 15.9 Å². The molecule has 1 nitrogen and oxygen atoms in total. The van der Waals surface area contributed by atoms with Gasteiger partial charge in [0.05, 0.1) is 12.5 Å². The van der Waals surface area contributed by atoms with E-state index in [0.717, 1.165) is 5.56 Å². The standard InChI is InChI=1S/C9H6BrF2N/c10-8-5-6(3-4-13)1-2-7(8)9(11)12/h1-2,5,9H,3H2. The lowest BCUT2D eigenvalue weighted by atomic mass is 10.1. The third-order valence-electron chi connectivity index (χ3n) is 1.58. The zero-order valence-corrected chi connectivity index (χ0v) is 8.18. The molecule has 1 aromatic rings. The number of benzene rings is 1. The Morgan fingerprint density at radius 3 is 2.62 bits per heavy atom. The first-order valence-corrected chi connectivity index (χ1v) is 4.38. The van der Waals surface area contributed by atoms with Gasteiger partial charge in [0.1, 0.15) is 0 Å². The van der Waals surface area contributed by atoms with Gasteiger partial charge in [-0.15, -0.1) is 0 Å². The van der Waals surface area contributed by atoms with E-state index in [1.165, 1.54) is 12.1 Å². The van der Waals surface area contributed by atoms with Crippen LogP contribution in [0.5, 0.6) is 0 Å². The Labute approximate surface area is 83.1 Å². The van der Waals surface area contributed by atoms with Gasteiger partial charge in [-0.2, -0.15) is 5.26 Å². The average molecular weight is 246 g/mol. The number of hydrogen-bond donors (Lipinski definition) is 0. The van der Waals surface area contributed by atoms with Crippen molar-refractivity contribution >= 4 is 15.9 Å².